The summed E-state index contributed by atoms with van der Waals surface area (Å²) in [6, 6.07) is 8.30. The molecular weight excluding hydrogens is 252 g/mol. The van der Waals surface area contributed by atoms with Gasteiger partial charge in [0.15, 0.2) is 0 Å². The molecule has 1 saturated heterocycles. The highest BCUT2D eigenvalue weighted by Crippen LogP contribution is 2.13. The maximum absolute atomic E-state index is 11.8. The van der Waals surface area contributed by atoms with Crippen LogP contribution in [0.3, 0.4) is 0 Å². The lowest BCUT2D eigenvalue weighted by molar-refractivity contribution is -0.121. The van der Waals surface area contributed by atoms with Gasteiger partial charge in [-0.05, 0) is 45.4 Å². The van der Waals surface area contributed by atoms with Crippen molar-refractivity contribution in [2.75, 3.05) is 13.1 Å². The van der Waals surface area contributed by atoms with Crippen LogP contribution in [0.1, 0.15) is 31.7 Å². The summed E-state index contributed by atoms with van der Waals surface area (Å²) in [4.78, 5) is 11.8. The number of ether oxygens (including phenoxy) is 1. The molecule has 1 heterocycles. The molecule has 2 rings (SSSR count). The van der Waals surface area contributed by atoms with Crippen LogP contribution in [0.25, 0.3) is 0 Å². The molecule has 1 fully saturated rings. The summed E-state index contributed by atoms with van der Waals surface area (Å²) in [5.74, 6) is 0.943. The Bertz CT molecular complexity index is 425. The molecule has 2 unspecified atom stereocenters. The molecule has 2 atom stereocenters. The molecule has 0 spiro atoms. The molecular formula is C16H24N2O2. The van der Waals surface area contributed by atoms with E-state index < -0.39 is 0 Å². The van der Waals surface area contributed by atoms with Crippen molar-refractivity contribution in [3.63, 3.8) is 0 Å². The lowest BCUT2D eigenvalue weighted by atomic mass is 10.1. The van der Waals surface area contributed by atoms with Gasteiger partial charge in [0.2, 0.25) is 5.91 Å². The van der Waals surface area contributed by atoms with Gasteiger partial charge in [0.25, 0.3) is 0 Å². The molecule has 1 aromatic rings. The highest BCUT2D eigenvalue weighted by atomic mass is 16.5. The van der Waals surface area contributed by atoms with Crippen LogP contribution in [0.4, 0.5) is 0 Å². The topological polar surface area (TPSA) is 50.4 Å². The predicted octanol–water partition coefficient (Wildman–Crippen LogP) is 2.02. The average molecular weight is 276 g/mol. The number of benzene rings is 1. The quantitative estimate of drug-likeness (QED) is 0.836. The van der Waals surface area contributed by atoms with Crippen molar-refractivity contribution in [2.24, 2.45) is 0 Å². The Hall–Kier alpha value is -1.55. The van der Waals surface area contributed by atoms with E-state index in [0.717, 1.165) is 18.7 Å². The minimum absolute atomic E-state index is 0.0295. The molecule has 1 aromatic carbocycles. The van der Waals surface area contributed by atoms with E-state index in [1.807, 2.05) is 38.1 Å². The van der Waals surface area contributed by atoms with Crippen LogP contribution in [0.5, 0.6) is 5.75 Å². The zero-order chi connectivity index (χ0) is 14.4. The molecule has 4 heteroatoms. The minimum Gasteiger partial charge on any atom is -0.489 e. The van der Waals surface area contributed by atoms with Crippen LogP contribution >= 0.6 is 0 Å². The van der Waals surface area contributed by atoms with E-state index >= 15 is 0 Å². The fourth-order valence-electron chi connectivity index (χ4n) is 2.38. The molecule has 0 saturated carbocycles. The third kappa shape index (κ3) is 4.85. The van der Waals surface area contributed by atoms with Crippen LogP contribution in [0.2, 0.25) is 0 Å². The number of amides is 1. The fraction of sp³-hybridized carbons (Fsp3) is 0.562. The van der Waals surface area contributed by atoms with Crippen molar-refractivity contribution >= 4 is 5.91 Å². The summed E-state index contributed by atoms with van der Waals surface area (Å²) >= 11 is 0. The van der Waals surface area contributed by atoms with Gasteiger partial charge in [-0.15, -0.1) is 0 Å². The normalized spacial score (nSPS) is 19.6. The first-order valence-electron chi connectivity index (χ1n) is 7.37. The molecule has 2 N–H and O–H groups in total. The Labute approximate surface area is 120 Å². The molecule has 0 aliphatic carbocycles. The minimum atomic E-state index is -0.0295. The molecule has 20 heavy (non-hydrogen) atoms. The van der Waals surface area contributed by atoms with Crippen molar-refractivity contribution in [2.45, 2.75) is 45.3 Å². The first-order valence-corrected chi connectivity index (χ1v) is 7.37. The first kappa shape index (κ1) is 14.9. The molecule has 0 aromatic heterocycles. The van der Waals surface area contributed by atoms with Crippen molar-refractivity contribution in [1.29, 1.82) is 0 Å². The van der Waals surface area contributed by atoms with Gasteiger partial charge in [0.05, 0.1) is 6.54 Å². The summed E-state index contributed by atoms with van der Waals surface area (Å²) in [6.07, 6.45) is 2.81. The van der Waals surface area contributed by atoms with Gasteiger partial charge in [0.1, 0.15) is 11.9 Å². The van der Waals surface area contributed by atoms with E-state index in [9.17, 15) is 4.79 Å². The highest BCUT2D eigenvalue weighted by molar-refractivity contribution is 5.76. The number of nitrogens with one attached hydrogen (secondary N) is 2. The second-order valence-electron chi connectivity index (χ2n) is 5.54. The smallest absolute Gasteiger partial charge is 0.221 e. The van der Waals surface area contributed by atoms with E-state index in [1.165, 1.54) is 12.0 Å². The van der Waals surface area contributed by atoms with Gasteiger partial charge < -0.3 is 15.4 Å². The number of hydrogen-bond acceptors (Lipinski definition) is 3. The Morgan fingerprint density at radius 1 is 1.45 bits per heavy atom. The fourth-order valence-corrected chi connectivity index (χ4v) is 2.38. The number of rotatable bonds is 6. The largest absolute Gasteiger partial charge is 0.489 e. The summed E-state index contributed by atoms with van der Waals surface area (Å²) in [7, 11) is 0. The van der Waals surface area contributed by atoms with Crippen LogP contribution in [0.15, 0.2) is 24.3 Å². The molecule has 110 valence electrons. The van der Waals surface area contributed by atoms with Crippen LogP contribution < -0.4 is 15.4 Å². The highest BCUT2D eigenvalue weighted by Gasteiger charge is 2.17. The standard InChI is InChI=1S/C16H24N2O2/c1-12-5-7-15(8-6-12)20-13(2)11-18-16(19)10-14-4-3-9-17-14/h5-8,13-14,17H,3-4,9-11H2,1-2H3,(H,18,19). The van der Waals surface area contributed by atoms with Crippen molar-refractivity contribution in [3.8, 4) is 5.75 Å². The van der Waals surface area contributed by atoms with Crippen molar-refractivity contribution < 1.29 is 9.53 Å². The molecule has 1 amide bonds. The molecule has 0 radical (unpaired) electrons. The predicted molar refractivity (Wildman–Crippen MR) is 79.9 cm³/mol. The summed E-state index contributed by atoms with van der Waals surface area (Å²) < 4.78 is 5.76. The second kappa shape index (κ2) is 7.29. The van der Waals surface area contributed by atoms with E-state index in [2.05, 4.69) is 10.6 Å². The Kier molecular flexibility index (Phi) is 5.41. The Morgan fingerprint density at radius 2 is 2.20 bits per heavy atom. The molecule has 4 nitrogen and oxygen atoms in total. The second-order valence-corrected chi connectivity index (χ2v) is 5.54. The average Bonchev–Trinajstić information content (AvgIpc) is 2.92. The maximum Gasteiger partial charge on any atom is 0.221 e. The maximum atomic E-state index is 11.8. The molecule has 1 aliphatic heterocycles. The zero-order valence-electron chi connectivity index (χ0n) is 12.3. The van der Waals surface area contributed by atoms with Crippen LogP contribution in [0, 0.1) is 6.92 Å². The van der Waals surface area contributed by atoms with E-state index in [-0.39, 0.29) is 12.0 Å². The molecule has 0 bridgehead atoms. The van der Waals surface area contributed by atoms with E-state index in [0.29, 0.717) is 19.0 Å². The summed E-state index contributed by atoms with van der Waals surface area (Å²) in [5, 5.41) is 6.27. The lowest BCUT2D eigenvalue weighted by Crippen LogP contribution is -2.37. The summed E-state index contributed by atoms with van der Waals surface area (Å²) in [6.45, 7) is 5.59. The van der Waals surface area contributed by atoms with Gasteiger partial charge in [0, 0.05) is 12.5 Å². The lowest BCUT2D eigenvalue weighted by Gasteiger charge is -2.16. The monoisotopic (exact) mass is 276 g/mol. The number of hydrogen-bond donors (Lipinski definition) is 2. The third-order valence-corrected chi connectivity index (χ3v) is 3.54. The first-order chi connectivity index (χ1) is 9.63. The van der Waals surface area contributed by atoms with Gasteiger partial charge in [-0.3, -0.25) is 4.79 Å². The van der Waals surface area contributed by atoms with Gasteiger partial charge in [-0.2, -0.15) is 0 Å². The SMILES string of the molecule is Cc1ccc(OC(C)CNC(=O)CC2CCCN2)cc1. The third-order valence-electron chi connectivity index (χ3n) is 3.54. The van der Waals surface area contributed by atoms with Crippen molar-refractivity contribution in [3.05, 3.63) is 29.8 Å². The van der Waals surface area contributed by atoms with Crippen molar-refractivity contribution in [1.82, 2.24) is 10.6 Å². The Balaban J connectivity index is 1.67. The number of aryl methyl sites for hydroxylation is 1. The van der Waals surface area contributed by atoms with Gasteiger partial charge in [-0.1, -0.05) is 17.7 Å². The van der Waals surface area contributed by atoms with E-state index in [1.54, 1.807) is 0 Å². The number of carbonyl (C=O) groups excluding carboxylic acids is 1. The van der Waals surface area contributed by atoms with E-state index in [4.69, 9.17) is 4.74 Å². The van der Waals surface area contributed by atoms with Crippen LogP contribution in [-0.4, -0.2) is 31.1 Å². The van der Waals surface area contributed by atoms with Gasteiger partial charge in [-0.25, -0.2) is 0 Å². The van der Waals surface area contributed by atoms with Crippen LogP contribution in [-0.2, 0) is 4.79 Å². The number of carbonyl (C=O) groups is 1. The Morgan fingerprint density at radius 3 is 2.85 bits per heavy atom. The molecule has 1 aliphatic rings. The zero-order valence-corrected chi connectivity index (χ0v) is 12.3. The van der Waals surface area contributed by atoms with Gasteiger partial charge >= 0.3 is 0 Å². The summed E-state index contributed by atoms with van der Waals surface area (Å²) in [5.41, 5.74) is 1.21.